The highest BCUT2D eigenvalue weighted by Crippen LogP contribution is 2.17. The summed E-state index contributed by atoms with van der Waals surface area (Å²) in [7, 11) is 0. The molecule has 3 rings (SSSR count). The van der Waals surface area contributed by atoms with Gasteiger partial charge in [0.2, 0.25) is 5.89 Å². The fourth-order valence-corrected chi connectivity index (χ4v) is 2.22. The molecule has 1 N–H and O–H groups in total. The van der Waals surface area contributed by atoms with Crippen molar-refractivity contribution in [1.29, 1.82) is 5.26 Å². The first kappa shape index (κ1) is 11.2. The molecule has 1 aromatic carbocycles. The van der Waals surface area contributed by atoms with Crippen LogP contribution in [0.25, 0.3) is 11.1 Å². The summed E-state index contributed by atoms with van der Waals surface area (Å²) in [5.41, 5.74) is 1.67. The first-order valence-electron chi connectivity index (χ1n) is 6.05. The highest BCUT2D eigenvalue weighted by molar-refractivity contribution is 5.72. The molecule has 5 nitrogen and oxygen atoms in total. The number of oxazole rings is 1. The summed E-state index contributed by atoms with van der Waals surface area (Å²) in [6.07, 6.45) is 0. The predicted octanol–water partition coefficient (Wildman–Crippen LogP) is 1.13. The van der Waals surface area contributed by atoms with Gasteiger partial charge in [-0.05, 0) is 12.1 Å². The SMILES string of the molecule is N#CC1CNCCN1Cc1nc2ccccc2o1. The lowest BCUT2D eigenvalue weighted by Gasteiger charge is -2.30. The molecule has 2 aromatic rings. The van der Waals surface area contributed by atoms with E-state index >= 15 is 0 Å². The van der Waals surface area contributed by atoms with E-state index < -0.39 is 0 Å². The second-order valence-electron chi connectivity index (χ2n) is 4.39. The molecular weight excluding hydrogens is 228 g/mol. The lowest BCUT2D eigenvalue weighted by Crippen LogP contribution is -2.50. The summed E-state index contributed by atoms with van der Waals surface area (Å²) in [5, 5.41) is 12.3. The third kappa shape index (κ3) is 2.08. The first-order chi connectivity index (χ1) is 8.86. The Labute approximate surface area is 105 Å². The van der Waals surface area contributed by atoms with Crippen LogP contribution in [0, 0.1) is 11.3 Å². The molecule has 1 fully saturated rings. The van der Waals surface area contributed by atoms with Gasteiger partial charge in [0.25, 0.3) is 0 Å². The molecule has 1 unspecified atom stereocenters. The van der Waals surface area contributed by atoms with Crippen LogP contribution in [-0.4, -0.2) is 35.6 Å². The number of hydrogen-bond acceptors (Lipinski definition) is 5. The summed E-state index contributed by atoms with van der Waals surface area (Å²) < 4.78 is 5.68. The number of piperazine rings is 1. The van der Waals surface area contributed by atoms with Crippen molar-refractivity contribution in [3.05, 3.63) is 30.2 Å². The summed E-state index contributed by atoms with van der Waals surface area (Å²) >= 11 is 0. The van der Waals surface area contributed by atoms with Gasteiger partial charge in [-0.3, -0.25) is 4.90 Å². The van der Waals surface area contributed by atoms with Crippen molar-refractivity contribution in [3.63, 3.8) is 0 Å². The van der Waals surface area contributed by atoms with E-state index in [2.05, 4.69) is 21.3 Å². The lowest BCUT2D eigenvalue weighted by atomic mass is 10.2. The molecule has 0 aliphatic carbocycles. The van der Waals surface area contributed by atoms with E-state index in [-0.39, 0.29) is 6.04 Å². The number of aromatic nitrogens is 1. The van der Waals surface area contributed by atoms with E-state index in [4.69, 9.17) is 9.68 Å². The zero-order chi connectivity index (χ0) is 12.4. The standard InChI is InChI=1S/C13H14N4O/c14-7-10-8-15-5-6-17(10)9-13-16-11-3-1-2-4-12(11)18-13/h1-4,10,15H,5-6,8-9H2. The topological polar surface area (TPSA) is 65.1 Å². The van der Waals surface area contributed by atoms with Crippen molar-refractivity contribution >= 4 is 11.1 Å². The van der Waals surface area contributed by atoms with Crippen LogP contribution in [0.1, 0.15) is 5.89 Å². The minimum Gasteiger partial charge on any atom is -0.439 e. The quantitative estimate of drug-likeness (QED) is 0.855. The van der Waals surface area contributed by atoms with Gasteiger partial charge in [-0.15, -0.1) is 0 Å². The van der Waals surface area contributed by atoms with E-state index in [1.54, 1.807) is 0 Å². The predicted molar refractivity (Wildman–Crippen MR) is 66.7 cm³/mol. The van der Waals surface area contributed by atoms with Gasteiger partial charge >= 0.3 is 0 Å². The maximum absolute atomic E-state index is 9.10. The number of para-hydroxylation sites is 2. The van der Waals surface area contributed by atoms with Gasteiger partial charge in [-0.2, -0.15) is 5.26 Å². The van der Waals surface area contributed by atoms with Crippen molar-refractivity contribution < 1.29 is 4.42 Å². The Balaban J connectivity index is 1.81. The van der Waals surface area contributed by atoms with Gasteiger partial charge in [0.15, 0.2) is 5.58 Å². The second-order valence-corrected chi connectivity index (χ2v) is 4.39. The minimum absolute atomic E-state index is 0.103. The molecule has 0 saturated carbocycles. The highest BCUT2D eigenvalue weighted by atomic mass is 16.3. The Bertz CT molecular complexity index is 553. The van der Waals surface area contributed by atoms with Crippen LogP contribution >= 0.6 is 0 Å². The van der Waals surface area contributed by atoms with E-state index in [0.29, 0.717) is 19.0 Å². The maximum Gasteiger partial charge on any atom is 0.209 e. The molecule has 1 atom stereocenters. The van der Waals surface area contributed by atoms with Crippen LogP contribution in [0.4, 0.5) is 0 Å². The molecule has 1 aromatic heterocycles. The van der Waals surface area contributed by atoms with E-state index in [0.717, 1.165) is 24.2 Å². The van der Waals surface area contributed by atoms with Gasteiger partial charge in [0, 0.05) is 19.6 Å². The minimum atomic E-state index is -0.103. The Morgan fingerprint density at radius 1 is 1.50 bits per heavy atom. The molecule has 1 aliphatic rings. The zero-order valence-corrected chi connectivity index (χ0v) is 9.97. The van der Waals surface area contributed by atoms with Crippen LogP contribution in [-0.2, 0) is 6.54 Å². The number of rotatable bonds is 2. The van der Waals surface area contributed by atoms with Gasteiger partial charge in [0.05, 0.1) is 12.6 Å². The molecule has 18 heavy (non-hydrogen) atoms. The van der Waals surface area contributed by atoms with Crippen molar-refractivity contribution in [2.45, 2.75) is 12.6 Å². The molecular formula is C13H14N4O. The summed E-state index contributed by atoms with van der Waals surface area (Å²) in [6, 6.07) is 9.91. The Kier molecular flexibility index (Phi) is 2.97. The number of nitrogens with zero attached hydrogens (tertiary/aromatic N) is 3. The Hall–Kier alpha value is -1.90. The number of benzene rings is 1. The maximum atomic E-state index is 9.10. The van der Waals surface area contributed by atoms with E-state index in [1.165, 1.54) is 0 Å². The summed E-state index contributed by atoms with van der Waals surface area (Å²) in [5.74, 6) is 0.679. The number of hydrogen-bond donors (Lipinski definition) is 1. The van der Waals surface area contributed by atoms with Crippen LogP contribution < -0.4 is 5.32 Å². The smallest absolute Gasteiger partial charge is 0.209 e. The number of nitrogens with one attached hydrogen (secondary N) is 1. The summed E-state index contributed by atoms with van der Waals surface area (Å²) in [6.45, 7) is 3.04. The van der Waals surface area contributed by atoms with E-state index in [9.17, 15) is 0 Å². The first-order valence-corrected chi connectivity index (χ1v) is 6.05. The van der Waals surface area contributed by atoms with Crippen molar-refractivity contribution in [3.8, 4) is 6.07 Å². The van der Waals surface area contributed by atoms with Crippen molar-refractivity contribution in [1.82, 2.24) is 15.2 Å². The fraction of sp³-hybridized carbons (Fsp3) is 0.385. The highest BCUT2D eigenvalue weighted by Gasteiger charge is 2.23. The third-order valence-electron chi connectivity index (χ3n) is 3.18. The number of fused-ring (bicyclic) bond motifs is 1. The molecule has 0 amide bonds. The molecule has 5 heteroatoms. The van der Waals surface area contributed by atoms with Crippen LogP contribution in [0.15, 0.2) is 28.7 Å². The summed E-state index contributed by atoms with van der Waals surface area (Å²) in [4.78, 5) is 6.54. The van der Waals surface area contributed by atoms with Crippen LogP contribution in [0.5, 0.6) is 0 Å². The van der Waals surface area contributed by atoms with Gasteiger partial charge in [-0.1, -0.05) is 12.1 Å². The third-order valence-corrected chi connectivity index (χ3v) is 3.18. The lowest BCUT2D eigenvalue weighted by molar-refractivity contribution is 0.174. The monoisotopic (exact) mass is 242 g/mol. The largest absolute Gasteiger partial charge is 0.439 e. The number of nitriles is 1. The fourth-order valence-electron chi connectivity index (χ4n) is 2.22. The molecule has 0 bridgehead atoms. The average Bonchev–Trinajstić information content (AvgIpc) is 2.81. The molecule has 0 radical (unpaired) electrons. The second kappa shape index (κ2) is 4.77. The zero-order valence-electron chi connectivity index (χ0n) is 9.97. The normalized spacial score (nSPS) is 20.9. The van der Waals surface area contributed by atoms with Crippen molar-refractivity contribution in [2.24, 2.45) is 0 Å². The van der Waals surface area contributed by atoms with Gasteiger partial charge in [-0.25, -0.2) is 4.98 Å². The average molecular weight is 242 g/mol. The van der Waals surface area contributed by atoms with Crippen molar-refractivity contribution in [2.75, 3.05) is 19.6 Å². The molecule has 92 valence electrons. The van der Waals surface area contributed by atoms with E-state index in [1.807, 2.05) is 24.3 Å². The Morgan fingerprint density at radius 2 is 2.39 bits per heavy atom. The molecule has 0 spiro atoms. The van der Waals surface area contributed by atoms with Gasteiger partial charge in [0.1, 0.15) is 11.6 Å². The molecule has 1 aliphatic heterocycles. The van der Waals surface area contributed by atoms with Crippen LogP contribution in [0.2, 0.25) is 0 Å². The molecule has 1 saturated heterocycles. The van der Waals surface area contributed by atoms with Crippen LogP contribution in [0.3, 0.4) is 0 Å². The molecule has 2 heterocycles. The van der Waals surface area contributed by atoms with Gasteiger partial charge < -0.3 is 9.73 Å². The Morgan fingerprint density at radius 3 is 3.22 bits per heavy atom.